The minimum atomic E-state index is -1.33. The van der Waals surface area contributed by atoms with Gasteiger partial charge in [-0.25, -0.2) is 0 Å². The second-order valence-corrected chi connectivity index (χ2v) is 5.48. The van der Waals surface area contributed by atoms with E-state index in [1.807, 2.05) is 0 Å². The molecule has 0 heterocycles. The molecule has 6 heteroatoms. The molecule has 2 unspecified atom stereocenters. The first-order valence-electron chi connectivity index (χ1n) is 6.84. The molecule has 6 N–H and O–H groups in total. The van der Waals surface area contributed by atoms with E-state index in [0.29, 0.717) is 5.57 Å². The van der Waals surface area contributed by atoms with Crippen molar-refractivity contribution in [2.75, 3.05) is 6.61 Å². The van der Waals surface area contributed by atoms with Crippen LogP contribution in [0.2, 0.25) is 0 Å². The van der Waals surface area contributed by atoms with E-state index in [1.54, 1.807) is 6.08 Å². The molecule has 19 heavy (non-hydrogen) atoms. The highest BCUT2D eigenvalue weighted by Crippen LogP contribution is 2.23. The van der Waals surface area contributed by atoms with Crippen LogP contribution in [0, 0.1) is 0 Å². The van der Waals surface area contributed by atoms with Crippen molar-refractivity contribution in [2.24, 2.45) is 0 Å². The first-order chi connectivity index (χ1) is 9.04. The van der Waals surface area contributed by atoms with Gasteiger partial charge < -0.3 is 30.8 Å². The standard InChI is InChI=1S/C13H23NO5/c15-6-7-5-9(12(18)13(19)11(7)17)14-8-3-1-2-4-10(8)16/h5,8-19H,1-4,6H2/t8?,9-,10?,11+,12-,13+/m0/s1. The maximum Gasteiger partial charge on any atom is 0.111 e. The van der Waals surface area contributed by atoms with Crippen LogP contribution in [0.5, 0.6) is 0 Å². The lowest BCUT2D eigenvalue weighted by Gasteiger charge is -2.38. The van der Waals surface area contributed by atoms with Gasteiger partial charge in [-0.2, -0.15) is 0 Å². The van der Waals surface area contributed by atoms with E-state index < -0.39 is 30.5 Å². The van der Waals surface area contributed by atoms with Gasteiger partial charge >= 0.3 is 0 Å². The third-order valence-electron chi connectivity index (χ3n) is 4.13. The van der Waals surface area contributed by atoms with Crippen LogP contribution in [0.25, 0.3) is 0 Å². The summed E-state index contributed by atoms with van der Waals surface area (Å²) >= 11 is 0. The minimum Gasteiger partial charge on any atom is -0.392 e. The quantitative estimate of drug-likeness (QED) is 0.340. The van der Waals surface area contributed by atoms with Crippen LogP contribution in [-0.4, -0.2) is 68.6 Å². The summed E-state index contributed by atoms with van der Waals surface area (Å²) in [6, 6.07) is -0.703. The SMILES string of the molecule is OCC1=C[C@H](NC2CCCCC2O)[C@H](O)[C@H](O)[C@@H]1O. The predicted octanol–water partition coefficient (Wildman–Crippen LogP) is -1.74. The van der Waals surface area contributed by atoms with Crippen molar-refractivity contribution in [1.82, 2.24) is 5.32 Å². The van der Waals surface area contributed by atoms with Gasteiger partial charge in [0.2, 0.25) is 0 Å². The lowest BCUT2D eigenvalue weighted by molar-refractivity contribution is -0.0681. The Morgan fingerprint density at radius 2 is 1.74 bits per heavy atom. The van der Waals surface area contributed by atoms with Crippen molar-refractivity contribution in [3.63, 3.8) is 0 Å². The normalized spacial score (nSPS) is 43.9. The molecule has 1 fully saturated rings. The maximum absolute atomic E-state index is 9.96. The van der Waals surface area contributed by atoms with Gasteiger partial charge in [0.15, 0.2) is 0 Å². The molecule has 0 spiro atoms. The molecular formula is C13H23NO5. The molecule has 0 amide bonds. The largest absolute Gasteiger partial charge is 0.392 e. The predicted molar refractivity (Wildman–Crippen MR) is 68.4 cm³/mol. The van der Waals surface area contributed by atoms with Crippen molar-refractivity contribution >= 4 is 0 Å². The van der Waals surface area contributed by atoms with Crippen LogP contribution in [0.4, 0.5) is 0 Å². The van der Waals surface area contributed by atoms with Gasteiger partial charge in [0, 0.05) is 6.04 Å². The highest BCUT2D eigenvalue weighted by Gasteiger charge is 2.38. The molecule has 0 saturated heterocycles. The van der Waals surface area contributed by atoms with Crippen molar-refractivity contribution in [3.8, 4) is 0 Å². The van der Waals surface area contributed by atoms with Gasteiger partial charge in [-0.3, -0.25) is 0 Å². The summed E-state index contributed by atoms with van der Waals surface area (Å²) in [6.45, 7) is -0.365. The number of nitrogens with one attached hydrogen (secondary N) is 1. The summed E-state index contributed by atoms with van der Waals surface area (Å²) in [4.78, 5) is 0. The Bertz CT molecular complexity index is 335. The Labute approximate surface area is 112 Å². The third kappa shape index (κ3) is 3.16. The molecule has 6 nitrogen and oxygen atoms in total. The Morgan fingerprint density at radius 1 is 1.05 bits per heavy atom. The second-order valence-electron chi connectivity index (χ2n) is 5.48. The molecule has 0 aromatic rings. The van der Waals surface area contributed by atoms with Crippen LogP contribution < -0.4 is 5.32 Å². The van der Waals surface area contributed by atoms with Crippen LogP contribution in [0.1, 0.15) is 25.7 Å². The molecule has 0 radical (unpaired) electrons. The molecule has 2 rings (SSSR count). The van der Waals surface area contributed by atoms with Gasteiger partial charge in [-0.1, -0.05) is 18.9 Å². The van der Waals surface area contributed by atoms with Crippen LogP contribution >= 0.6 is 0 Å². The molecule has 0 bridgehead atoms. The zero-order chi connectivity index (χ0) is 14.0. The van der Waals surface area contributed by atoms with E-state index >= 15 is 0 Å². The highest BCUT2D eigenvalue weighted by atomic mass is 16.4. The van der Waals surface area contributed by atoms with E-state index in [9.17, 15) is 20.4 Å². The van der Waals surface area contributed by atoms with Crippen LogP contribution in [0.15, 0.2) is 11.6 Å². The Kier molecular flexibility index (Phi) is 4.94. The van der Waals surface area contributed by atoms with Crippen molar-refractivity contribution < 1.29 is 25.5 Å². The maximum atomic E-state index is 9.96. The summed E-state index contributed by atoms with van der Waals surface area (Å²) in [5.41, 5.74) is 0.292. The number of aliphatic hydroxyl groups excluding tert-OH is 5. The summed E-state index contributed by atoms with van der Waals surface area (Å²) in [7, 11) is 0. The van der Waals surface area contributed by atoms with E-state index in [-0.39, 0.29) is 12.6 Å². The Hall–Kier alpha value is -0.500. The van der Waals surface area contributed by atoms with Crippen molar-refractivity contribution in [3.05, 3.63) is 11.6 Å². The molecule has 0 aliphatic heterocycles. The summed E-state index contributed by atoms with van der Waals surface area (Å²) in [5, 5.41) is 51.5. The fourth-order valence-corrected chi connectivity index (χ4v) is 2.89. The topological polar surface area (TPSA) is 113 Å². The van der Waals surface area contributed by atoms with Gasteiger partial charge in [-0.05, 0) is 18.4 Å². The van der Waals surface area contributed by atoms with Crippen molar-refractivity contribution in [2.45, 2.75) is 62.2 Å². The lowest BCUT2D eigenvalue weighted by atomic mass is 9.86. The molecule has 2 aliphatic carbocycles. The number of hydrogen-bond donors (Lipinski definition) is 6. The van der Waals surface area contributed by atoms with E-state index in [4.69, 9.17) is 5.11 Å². The molecule has 2 aliphatic rings. The fraction of sp³-hybridized carbons (Fsp3) is 0.846. The highest BCUT2D eigenvalue weighted by molar-refractivity contribution is 5.22. The molecule has 110 valence electrons. The average Bonchev–Trinajstić information content (AvgIpc) is 2.41. The van der Waals surface area contributed by atoms with Crippen LogP contribution in [-0.2, 0) is 0 Å². The lowest BCUT2D eigenvalue weighted by Crippen LogP contribution is -2.58. The minimum absolute atomic E-state index is 0.132. The first kappa shape index (κ1) is 14.9. The summed E-state index contributed by atoms with van der Waals surface area (Å²) in [6.07, 6.45) is 0.900. The van der Waals surface area contributed by atoms with E-state index in [2.05, 4.69) is 5.32 Å². The third-order valence-corrected chi connectivity index (χ3v) is 4.13. The molecular weight excluding hydrogens is 250 g/mol. The van der Waals surface area contributed by atoms with Crippen LogP contribution in [0.3, 0.4) is 0 Å². The Balaban J connectivity index is 2.07. The van der Waals surface area contributed by atoms with Gasteiger partial charge in [-0.15, -0.1) is 0 Å². The van der Waals surface area contributed by atoms with Gasteiger partial charge in [0.05, 0.1) is 18.8 Å². The smallest absolute Gasteiger partial charge is 0.111 e. The molecule has 1 saturated carbocycles. The first-order valence-corrected chi connectivity index (χ1v) is 6.84. The summed E-state index contributed by atoms with van der Waals surface area (Å²) < 4.78 is 0. The van der Waals surface area contributed by atoms with E-state index in [1.165, 1.54) is 0 Å². The Morgan fingerprint density at radius 3 is 2.37 bits per heavy atom. The molecule has 0 aromatic carbocycles. The average molecular weight is 273 g/mol. The number of aliphatic hydroxyl groups is 5. The molecule has 6 atom stereocenters. The molecule has 0 aromatic heterocycles. The fourth-order valence-electron chi connectivity index (χ4n) is 2.89. The summed E-state index contributed by atoms with van der Waals surface area (Å²) in [5.74, 6) is 0. The van der Waals surface area contributed by atoms with Crippen molar-refractivity contribution in [1.29, 1.82) is 0 Å². The van der Waals surface area contributed by atoms with Gasteiger partial charge in [0.25, 0.3) is 0 Å². The monoisotopic (exact) mass is 273 g/mol. The van der Waals surface area contributed by atoms with E-state index in [0.717, 1.165) is 25.7 Å². The zero-order valence-corrected chi connectivity index (χ0v) is 10.8. The number of hydrogen-bond acceptors (Lipinski definition) is 6. The zero-order valence-electron chi connectivity index (χ0n) is 10.8. The second kappa shape index (κ2) is 6.30. The van der Waals surface area contributed by atoms with Gasteiger partial charge in [0.1, 0.15) is 18.3 Å². The number of rotatable bonds is 3.